The molecule has 2 unspecified atom stereocenters. The average molecular weight is 365 g/mol. The molecule has 0 aromatic rings. The van der Waals surface area contributed by atoms with Crippen molar-refractivity contribution in [2.45, 2.75) is 25.1 Å². The van der Waals surface area contributed by atoms with Gasteiger partial charge in [0.05, 0.1) is 0 Å². The summed E-state index contributed by atoms with van der Waals surface area (Å²) in [5.74, 6) is -0.312. The van der Waals surface area contributed by atoms with Gasteiger partial charge in [0.25, 0.3) is 0 Å². The van der Waals surface area contributed by atoms with Gasteiger partial charge >= 0.3 is 113 Å². The fraction of sp³-hybridized carbons (Fsp3) is 1.00. The van der Waals surface area contributed by atoms with Crippen LogP contribution in [0.25, 0.3) is 0 Å². The van der Waals surface area contributed by atoms with Crippen LogP contribution >= 0.6 is 14.0 Å². The van der Waals surface area contributed by atoms with E-state index >= 15 is 0 Å². The van der Waals surface area contributed by atoms with Gasteiger partial charge in [-0.25, -0.2) is 0 Å². The first kappa shape index (κ1) is 17.0. The Balaban J connectivity index is 2.51. The first-order valence-corrected chi connectivity index (χ1v) is 10.2. The first-order valence-electron chi connectivity index (χ1n) is 4.85. The Morgan fingerprint density at radius 3 is 2.39 bits per heavy atom. The summed E-state index contributed by atoms with van der Waals surface area (Å²) in [6, 6.07) is -0.663. The van der Waals surface area contributed by atoms with E-state index in [2.05, 4.69) is 4.31 Å². The van der Waals surface area contributed by atoms with Crippen LogP contribution in [0.2, 0.25) is 0 Å². The van der Waals surface area contributed by atoms with Crippen LogP contribution in [0.15, 0.2) is 0 Å². The summed E-state index contributed by atoms with van der Waals surface area (Å²) in [7, 11) is 0.672. The molecule has 0 aromatic heterocycles. The zero-order valence-electron chi connectivity index (χ0n) is 9.32. The fourth-order valence-electron chi connectivity index (χ4n) is 1.40. The fourth-order valence-corrected chi connectivity index (χ4v) is 5.02. The molecule has 0 spiro atoms. The Hall–Kier alpha value is 0.964. The maximum absolute atomic E-state index is 10.6. The zero-order chi connectivity index (χ0) is 14.1. The van der Waals surface area contributed by atoms with Gasteiger partial charge in [-0.2, -0.15) is 0 Å². The molecule has 1 saturated heterocycles. The van der Waals surface area contributed by atoms with E-state index in [9.17, 15) is 14.6 Å². The minimum atomic E-state index is -4.87. The summed E-state index contributed by atoms with van der Waals surface area (Å²) in [5.41, 5.74) is 0. The van der Waals surface area contributed by atoms with E-state index in [1.807, 2.05) is 15.1 Å². The Bertz CT molecular complexity index is 388. The number of hydrogen-bond acceptors (Lipinski definition) is 6. The van der Waals surface area contributed by atoms with E-state index in [0.29, 0.717) is 0 Å². The summed E-state index contributed by atoms with van der Waals surface area (Å²) in [6.07, 6.45) is -5.49. The van der Waals surface area contributed by atoms with E-state index in [1.165, 1.54) is 0 Å². The van der Waals surface area contributed by atoms with Crippen molar-refractivity contribution in [3.05, 3.63) is 0 Å². The van der Waals surface area contributed by atoms with E-state index in [4.69, 9.17) is 26.9 Å². The predicted octanol–water partition coefficient (Wildman–Crippen LogP) is -1.16. The Kier molecular flexibility index (Phi) is 5.83. The number of ether oxygens (including phenoxy) is 1. The maximum atomic E-state index is 10.6. The van der Waals surface area contributed by atoms with Crippen molar-refractivity contribution in [3.63, 3.8) is 0 Å². The minimum absolute atomic E-state index is 0.309. The summed E-state index contributed by atoms with van der Waals surface area (Å²) < 4.78 is 24.6. The van der Waals surface area contributed by atoms with E-state index in [-0.39, 0.29) is 12.5 Å². The van der Waals surface area contributed by atoms with E-state index in [0.717, 1.165) is 0 Å². The van der Waals surface area contributed by atoms with Gasteiger partial charge in [0.15, 0.2) is 0 Å². The van der Waals surface area contributed by atoms with Gasteiger partial charge in [0.2, 0.25) is 0 Å². The standard InChI is InChI=1S/C6H13BO8P2Se/c1-3-5(8)4(14-6(3)7)2-13-17(12,18)15-16(9,10)11/h3-6,8H,2H2,1H3,(H,12,18)(H2,9,10,11)/t3-,4-,5?,6-,17?/m1/s1. The molecule has 8 nitrogen and oxygen atoms in total. The topological polar surface area (TPSA) is 126 Å². The van der Waals surface area contributed by atoms with E-state index < -0.39 is 32.2 Å². The molecule has 1 heterocycles. The molecule has 18 heavy (non-hydrogen) atoms. The summed E-state index contributed by atoms with van der Waals surface area (Å²) in [5, 5.41) is 9.70. The van der Waals surface area contributed by atoms with Crippen LogP contribution in [0, 0.1) is 5.92 Å². The SMILES string of the molecule is [B][C@@H]1O[C@H](COP(O)(=[Se])OP(=O)(O)O)C(O)[C@H]1C. The van der Waals surface area contributed by atoms with Crippen LogP contribution < -0.4 is 0 Å². The summed E-state index contributed by atoms with van der Waals surface area (Å²) in [6.45, 7) is 1.37. The molecule has 1 aliphatic heterocycles. The Morgan fingerprint density at radius 1 is 1.44 bits per heavy atom. The summed E-state index contributed by atoms with van der Waals surface area (Å²) >= 11 is 2.03. The molecule has 104 valence electrons. The second-order valence-corrected chi connectivity index (χ2v) is 9.56. The molecule has 1 fully saturated rings. The van der Waals surface area contributed by atoms with Gasteiger partial charge in [-0.15, -0.1) is 0 Å². The molecule has 0 amide bonds. The third kappa shape index (κ3) is 5.15. The number of hydrogen-bond donors (Lipinski definition) is 4. The summed E-state index contributed by atoms with van der Waals surface area (Å²) in [4.78, 5) is 26.6. The van der Waals surface area contributed by atoms with Crippen LogP contribution in [-0.2, 0) is 18.1 Å². The van der Waals surface area contributed by atoms with Crippen molar-refractivity contribution < 1.29 is 37.9 Å². The molecule has 12 heteroatoms. The Morgan fingerprint density at radius 2 is 2.00 bits per heavy atom. The predicted molar refractivity (Wildman–Crippen MR) is 63.6 cm³/mol. The van der Waals surface area contributed by atoms with Crippen LogP contribution in [0.4, 0.5) is 0 Å². The molecule has 1 aliphatic rings. The van der Waals surface area contributed by atoms with Crippen molar-refractivity contribution in [1.29, 1.82) is 0 Å². The van der Waals surface area contributed by atoms with Gasteiger partial charge in [0.1, 0.15) is 0 Å². The number of aliphatic hydroxyl groups is 1. The van der Waals surface area contributed by atoms with Gasteiger partial charge in [0, 0.05) is 0 Å². The van der Waals surface area contributed by atoms with Crippen LogP contribution in [-0.4, -0.2) is 67.5 Å². The first-order chi connectivity index (χ1) is 8.02. The van der Waals surface area contributed by atoms with Crippen LogP contribution in [0.1, 0.15) is 6.92 Å². The molecule has 2 radical (unpaired) electrons. The molecular weight excluding hydrogens is 352 g/mol. The molecule has 0 saturated carbocycles. The molecule has 4 N–H and O–H groups in total. The van der Waals surface area contributed by atoms with Gasteiger partial charge in [-0.3, -0.25) is 0 Å². The molecule has 0 bridgehead atoms. The van der Waals surface area contributed by atoms with Gasteiger partial charge in [-0.1, -0.05) is 0 Å². The normalized spacial score (nSPS) is 36.5. The molecule has 5 atom stereocenters. The third-order valence-corrected chi connectivity index (χ3v) is 6.46. The van der Waals surface area contributed by atoms with Gasteiger partial charge < -0.3 is 0 Å². The molecule has 0 aromatic carbocycles. The quantitative estimate of drug-likeness (QED) is 0.355. The monoisotopic (exact) mass is 366 g/mol. The molecule has 0 aliphatic carbocycles. The third-order valence-electron chi connectivity index (χ3n) is 2.38. The van der Waals surface area contributed by atoms with Crippen LogP contribution in [0.5, 0.6) is 0 Å². The zero-order valence-corrected chi connectivity index (χ0v) is 12.8. The van der Waals surface area contributed by atoms with Crippen LogP contribution in [0.3, 0.4) is 0 Å². The van der Waals surface area contributed by atoms with Crippen molar-refractivity contribution in [2.24, 2.45) is 5.92 Å². The number of phosphoric acid groups is 1. The average Bonchev–Trinajstić information content (AvgIpc) is 2.39. The van der Waals surface area contributed by atoms with Crippen molar-refractivity contribution in [1.82, 2.24) is 0 Å². The Labute approximate surface area is 113 Å². The molecular formula is C6H13BO8P2Se. The number of aliphatic hydroxyl groups excluding tert-OH is 1. The van der Waals surface area contributed by atoms with E-state index in [1.54, 1.807) is 6.92 Å². The number of rotatable bonds is 5. The molecule has 1 rings (SSSR count). The van der Waals surface area contributed by atoms with Crippen molar-refractivity contribution in [3.8, 4) is 0 Å². The van der Waals surface area contributed by atoms with Gasteiger partial charge in [-0.05, 0) is 0 Å². The second-order valence-electron chi connectivity index (χ2n) is 3.83. The second kappa shape index (κ2) is 6.16. The van der Waals surface area contributed by atoms with Crippen molar-refractivity contribution >= 4 is 37.0 Å². The van der Waals surface area contributed by atoms with Crippen molar-refractivity contribution in [2.75, 3.05) is 6.61 Å².